The molecule has 2 unspecified atom stereocenters. The van der Waals surface area contributed by atoms with Crippen LogP contribution in [0.15, 0.2) is 18.5 Å². The van der Waals surface area contributed by atoms with Crippen LogP contribution < -0.4 is 4.90 Å². The molecule has 0 aromatic carbocycles. The average Bonchev–Trinajstić information content (AvgIpc) is 2.38. The zero-order valence-electron chi connectivity index (χ0n) is 10.8. The fraction of sp³-hybridized carbons (Fsp3) is 0.643. The van der Waals surface area contributed by atoms with Crippen molar-refractivity contribution in [1.82, 2.24) is 4.98 Å². The number of pyridine rings is 1. The molecule has 0 amide bonds. The van der Waals surface area contributed by atoms with Crippen molar-refractivity contribution in [3.63, 3.8) is 0 Å². The molecule has 1 aromatic rings. The van der Waals surface area contributed by atoms with Gasteiger partial charge >= 0.3 is 0 Å². The van der Waals surface area contributed by atoms with Gasteiger partial charge in [-0.1, -0.05) is 19.8 Å². The molecule has 1 saturated carbocycles. The van der Waals surface area contributed by atoms with Crippen LogP contribution in [0.2, 0.25) is 0 Å². The highest BCUT2D eigenvalue weighted by atomic mass is 16.3. The summed E-state index contributed by atoms with van der Waals surface area (Å²) in [6.07, 6.45) is 8.81. The maximum absolute atomic E-state index is 9.36. The van der Waals surface area contributed by atoms with E-state index >= 15 is 0 Å². The van der Waals surface area contributed by atoms with E-state index in [0.29, 0.717) is 6.04 Å². The van der Waals surface area contributed by atoms with Gasteiger partial charge in [-0.2, -0.15) is 0 Å². The van der Waals surface area contributed by atoms with Gasteiger partial charge in [0.1, 0.15) is 0 Å². The third kappa shape index (κ3) is 2.60. The Morgan fingerprint density at radius 1 is 1.41 bits per heavy atom. The van der Waals surface area contributed by atoms with Crippen molar-refractivity contribution in [1.29, 1.82) is 0 Å². The summed E-state index contributed by atoms with van der Waals surface area (Å²) in [7, 11) is 2.14. The van der Waals surface area contributed by atoms with Gasteiger partial charge in [-0.15, -0.1) is 0 Å². The molecular formula is C14H22N2O. The third-order valence-corrected chi connectivity index (χ3v) is 3.99. The van der Waals surface area contributed by atoms with Crippen molar-refractivity contribution in [2.75, 3.05) is 11.9 Å². The number of anilines is 1. The highest BCUT2D eigenvalue weighted by Crippen LogP contribution is 2.31. The number of aliphatic hydroxyl groups excluding tert-OH is 1. The molecule has 0 spiro atoms. The molecule has 1 aliphatic carbocycles. The number of aromatic nitrogens is 1. The molecular weight excluding hydrogens is 212 g/mol. The fourth-order valence-electron chi connectivity index (χ4n) is 2.94. The maximum Gasteiger partial charge on any atom is 0.0717 e. The Morgan fingerprint density at radius 2 is 2.18 bits per heavy atom. The van der Waals surface area contributed by atoms with Crippen molar-refractivity contribution >= 4 is 5.69 Å². The van der Waals surface area contributed by atoms with Gasteiger partial charge in [0, 0.05) is 36.7 Å². The van der Waals surface area contributed by atoms with Crippen LogP contribution >= 0.6 is 0 Å². The van der Waals surface area contributed by atoms with E-state index in [2.05, 4.69) is 23.9 Å². The van der Waals surface area contributed by atoms with Gasteiger partial charge < -0.3 is 10.0 Å². The number of hydrogen-bond acceptors (Lipinski definition) is 3. The highest BCUT2D eigenvalue weighted by Gasteiger charge is 2.26. The summed E-state index contributed by atoms with van der Waals surface area (Å²) < 4.78 is 0. The van der Waals surface area contributed by atoms with Crippen LogP contribution in [0, 0.1) is 5.92 Å². The summed E-state index contributed by atoms with van der Waals surface area (Å²) >= 11 is 0. The normalized spacial score (nSPS) is 24.6. The van der Waals surface area contributed by atoms with E-state index in [-0.39, 0.29) is 6.61 Å². The summed E-state index contributed by atoms with van der Waals surface area (Å²) in [5, 5.41) is 9.36. The number of hydrogen-bond donors (Lipinski definition) is 1. The van der Waals surface area contributed by atoms with Crippen LogP contribution in [-0.2, 0) is 6.61 Å². The summed E-state index contributed by atoms with van der Waals surface area (Å²) in [6.45, 7) is 2.40. The lowest BCUT2D eigenvalue weighted by Gasteiger charge is -2.38. The zero-order valence-corrected chi connectivity index (χ0v) is 10.8. The van der Waals surface area contributed by atoms with E-state index in [0.717, 1.165) is 17.2 Å². The topological polar surface area (TPSA) is 36.4 Å². The Kier molecular flexibility index (Phi) is 4.00. The van der Waals surface area contributed by atoms with Crippen LogP contribution in [0.3, 0.4) is 0 Å². The molecule has 1 aliphatic rings. The standard InChI is InChI=1S/C14H22N2O/c1-11-5-3-4-6-13(11)16(2)14-7-8-15-9-12(14)10-17/h7-9,11,13,17H,3-6,10H2,1-2H3. The Balaban J connectivity index is 2.20. The van der Waals surface area contributed by atoms with Crippen molar-refractivity contribution in [2.24, 2.45) is 5.92 Å². The van der Waals surface area contributed by atoms with Gasteiger partial charge in [0.2, 0.25) is 0 Å². The summed E-state index contributed by atoms with van der Waals surface area (Å²) in [5.41, 5.74) is 2.05. The quantitative estimate of drug-likeness (QED) is 0.873. The molecule has 2 rings (SSSR count). The Labute approximate surface area is 103 Å². The second-order valence-electron chi connectivity index (χ2n) is 5.10. The molecule has 3 heteroatoms. The molecule has 1 aromatic heterocycles. The fourth-order valence-corrected chi connectivity index (χ4v) is 2.94. The Bertz CT molecular complexity index is 367. The zero-order chi connectivity index (χ0) is 12.3. The first-order valence-corrected chi connectivity index (χ1v) is 6.50. The van der Waals surface area contributed by atoms with Crippen molar-refractivity contribution in [2.45, 2.75) is 45.3 Å². The third-order valence-electron chi connectivity index (χ3n) is 3.99. The van der Waals surface area contributed by atoms with Gasteiger partial charge in [0.25, 0.3) is 0 Å². The smallest absolute Gasteiger partial charge is 0.0717 e. The van der Waals surface area contributed by atoms with Crippen LogP contribution in [-0.4, -0.2) is 23.2 Å². The average molecular weight is 234 g/mol. The number of nitrogens with zero attached hydrogens (tertiary/aromatic N) is 2. The number of rotatable bonds is 3. The largest absolute Gasteiger partial charge is 0.392 e. The summed E-state index contributed by atoms with van der Waals surface area (Å²) in [6, 6.07) is 2.60. The summed E-state index contributed by atoms with van der Waals surface area (Å²) in [4.78, 5) is 6.41. The first-order chi connectivity index (χ1) is 8.24. The highest BCUT2D eigenvalue weighted by molar-refractivity contribution is 5.52. The summed E-state index contributed by atoms with van der Waals surface area (Å²) in [5.74, 6) is 0.730. The lowest BCUT2D eigenvalue weighted by atomic mass is 9.85. The Morgan fingerprint density at radius 3 is 2.88 bits per heavy atom. The maximum atomic E-state index is 9.36. The van der Waals surface area contributed by atoms with E-state index in [1.807, 2.05) is 6.07 Å². The lowest BCUT2D eigenvalue weighted by molar-refractivity contribution is 0.279. The van der Waals surface area contributed by atoms with E-state index in [9.17, 15) is 5.11 Å². The van der Waals surface area contributed by atoms with Gasteiger partial charge in [-0.3, -0.25) is 4.98 Å². The predicted molar refractivity (Wildman–Crippen MR) is 70.0 cm³/mol. The first-order valence-electron chi connectivity index (χ1n) is 6.50. The van der Waals surface area contributed by atoms with Crippen LogP contribution in [0.4, 0.5) is 5.69 Å². The molecule has 17 heavy (non-hydrogen) atoms. The van der Waals surface area contributed by atoms with Crippen LogP contribution in [0.1, 0.15) is 38.2 Å². The Hall–Kier alpha value is -1.09. The van der Waals surface area contributed by atoms with Crippen molar-refractivity contribution in [3.05, 3.63) is 24.0 Å². The minimum absolute atomic E-state index is 0.0641. The van der Waals surface area contributed by atoms with Crippen molar-refractivity contribution in [3.8, 4) is 0 Å². The SMILES string of the molecule is CC1CCCCC1N(C)c1ccncc1CO. The molecule has 1 fully saturated rings. The molecule has 0 bridgehead atoms. The van der Waals surface area contributed by atoms with Gasteiger partial charge in [0.05, 0.1) is 6.61 Å². The number of aliphatic hydroxyl groups is 1. The first kappa shape index (κ1) is 12.4. The van der Waals surface area contributed by atoms with Crippen LogP contribution in [0.25, 0.3) is 0 Å². The molecule has 0 aliphatic heterocycles. The van der Waals surface area contributed by atoms with Crippen molar-refractivity contribution < 1.29 is 5.11 Å². The minimum atomic E-state index is 0.0641. The van der Waals surface area contributed by atoms with Gasteiger partial charge in [-0.05, 0) is 24.8 Å². The molecule has 0 saturated heterocycles. The van der Waals surface area contributed by atoms with Gasteiger partial charge in [0.15, 0.2) is 0 Å². The molecule has 1 N–H and O–H groups in total. The predicted octanol–water partition coefficient (Wildman–Crippen LogP) is 2.59. The monoisotopic (exact) mass is 234 g/mol. The van der Waals surface area contributed by atoms with Gasteiger partial charge in [-0.25, -0.2) is 0 Å². The molecule has 3 nitrogen and oxygen atoms in total. The molecule has 94 valence electrons. The van der Waals surface area contributed by atoms with E-state index in [1.54, 1.807) is 12.4 Å². The van der Waals surface area contributed by atoms with E-state index in [1.165, 1.54) is 25.7 Å². The van der Waals surface area contributed by atoms with Crippen LogP contribution in [0.5, 0.6) is 0 Å². The lowest BCUT2D eigenvalue weighted by Crippen LogP contribution is -2.39. The van der Waals surface area contributed by atoms with E-state index in [4.69, 9.17) is 0 Å². The second-order valence-corrected chi connectivity index (χ2v) is 5.10. The molecule has 0 radical (unpaired) electrons. The molecule has 2 atom stereocenters. The van der Waals surface area contributed by atoms with E-state index < -0.39 is 0 Å². The minimum Gasteiger partial charge on any atom is -0.392 e. The molecule has 1 heterocycles. The second kappa shape index (κ2) is 5.50.